The summed E-state index contributed by atoms with van der Waals surface area (Å²) in [5.41, 5.74) is 1.22. The van der Waals surface area contributed by atoms with Gasteiger partial charge in [-0.1, -0.05) is 41.4 Å². The molecule has 0 heterocycles. The second kappa shape index (κ2) is 6.73. The Hall–Kier alpha value is -1.16. The molecule has 2 rings (SSSR count). The van der Waals surface area contributed by atoms with Crippen LogP contribution in [0, 0.1) is 11.6 Å². The predicted molar refractivity (Wildman–Crippen MR) is 82.8 cm³/mol. The van der Waals surface area contributed by atoms with Crippen LogP contribution in [0.2, 0.25) is 10.0 Å². The van der Waals surface area contributed by atoms with Crippen molar-refractivity contribution in [3.05, 3.63) is 69.2 Å². The number of hydrogen-bond acceptors (Lipinski definition) is 1. The highest BCUT2D eigenvalue weighted by Crippen LogP contribution is 2.27. The first-order valence-electron chi connectivity index (χ1n) is 6.55. The predicted octanol–water partition coefficient (Wildman–Crippen LogP) is 5.68. The Morgan fingerprint density at radius 2 is 1.67 bits per heavy atom. The molecule has 0 spiro atoms. The minimum absolute atomic E-state index is 0.0857. The number of rotatable bonds is 4. The zero-order chi connectivity index (χ0) is 15.6. The van der Waals surface area contributed by atoms with Crippen LogP contribution in [0.4, 0.5) is 8.78 Å². The Balaban J connectivity index is 2.16. The fourth-order valence-corrected chi connectivity index (χ4v) is 2.50. The summed E-state index contributed by atoms with van der Waals surface area (Å²) in [5.74, 6) is -1.66. The summed E-state index contributed by atoms with van der Waals surface area (Å²) in [6.07, 6.45) is 0. The molecule has 0 saturated carbocycles. The van der Waals surface area contributed by atoms with Crippen molar-refractivity contribution in [2.24, 2.45) is 0 Å². The summed E-state index contributed by atoms with van der Waals surface area (Å²) >= 11 is 11.9. The van der Waals surface area contributed by atoms with E-state index in [1.54, 1.807) is 25.1 Å². The molecule has 0 aliphatic rings. The van der Waals surface area contributed by atoms with Crippen LogP contribution in [0.5, 0.6) is 0 Å². The van der Waals surface area contributed by atoms with Gasteiger partial charge in [-0.05, 0) is 37.6 Å². The molecule has 2 aromatic carbocycles. The Morgan fingerprint density at radius 1 is 0.952 bits per heavy atom. The lowest BCUT2D eigenvalue weighted by Crippen LogP contribution is -2.23. The van der Waals surface area contributed by atoms with E-state index in [1.165, 1.54) is 6.07 Å². The van der Waals surface area contributed by atoms with Gasteiger partial charge in [0.25, 0.3) is 0 Å². The van der Waals surface area contributed by atoms with E-state index in [1.807, 2.05) is 13.0 Å². The summed E-state index contributed by atoms with van der Waals surface area (Å²) in [6.45, 7) is 3.71. The third-order valence-electron chi connectivity index (χ3n) is 3.39. The molecule has 2 unspecified atom stereocenters. The SMILES string of the molecule is CC(NC(C)c1cccc(F)c1F)c1ccc(Cl)c(Cl)c1. The Kier molecular flexibility index (Phi) is 5.20. The van der Waals surface area contributed by atoms with Crippen molar-refractivity contribution >= 4 is 23.2 Å². The third kappa shape index (κ3) is 3.73. The molecule has 1 N–H and O–H groups in total. The van der Waals surface area contributed by atoms with Crippen molar-refractivity contribution in [3.8, 4) is 0 Å². The molecule has 112 valence electrons. The van der Waals surface area contributed by atoms with Crippen LogP contribution in [-0.4, -0.2) is 0 Å². The van der Waals surface area contributed by atoms with Crippen LogP contribution in [0.1, 0.15) is 37.1 Å². The van der Waals surface area contributed by atoms with Crippen LogP contribution in [0.25, 0.3) is 0 Å². The minimum Gasteiger partial charge on any atom is -0.304 e. The lowest BCUT2D eigenvalue weighted by atomic mass is 10.0. The van der Waals surface area contributed by atoms with Crippen molar-refractivity contribution in [1.29, 1.82) is 0 Å². The number of benzene rings is 2. The highest BCUT2D eigenvalue weighted by molar-refractivity contribution is 6.42. The summed E-state index contributed by atoms with van der Waals surface area (Å²) < 4.78 is 27.0. The zero-order valence-electron chi connectivity index (χ0n) is 11.6. The fraction of sp³-hybridized carbons (Fsp3) is 0.250. The summed E-state index contributed by atoms with van der Waals surface area (Å²) in [4.78, 5) is 0. The molecular weight excluding hydrogens is 315 g/mol. The molecule has 0 fully saturated rings. The summed E-state index contributed by atoms with van der Waals surface area (Å²) in [6, 6.07) is 9.06. The molecule has 0 aromatic heterocycles. The van der Waals surface area contributed by atoms with E-state index < -0.39 is 11.6 Å². The van der Waals surface area contributed by atoms with Crippen molar-refractivity contribution in [2.75, 3.05) is 0 Å². The van der Waals surface area contributed by atoms with Gasteiger partial charge in [0.15, 0.2) is 11.6 Å². The van der Waals surface area contributed by atoms with Gasteiger partial charge in [0.1, 0.15) is 0 Å². The smallest absolute Gasteiger partial charge is 0.163 e. The van der Waals surface area contributed by atoms with Crippen LogP contribution >= 0.6 is 23.2 Å². The number of nitrogens with one attached hydrogen (secondary N) is 1. The highest BCUT2D eigenvalue weighted by Gasteiger charge is 2.17. The van der Waals surface area contributed by atoms with Crippen LogP contribution < -0.4 is 5.32 Å². The second-order valence-electron chi connectivity index (χ2n) is 4.93. The van der Waals surface area contributed by atoms with Crippen LogP contribution in [0.15, 0.2) is 36.4 Å². The lowest BCUT2D eigenvalue weighted by Gasteiger charge is -2.21. The molecular formula is C16H15Cl2F2N. The largest absolute Gasteiger partial charge is 0.304 e. The molecule has 2 atom stereocenters. The molecule has 0 amide bonds. The molecule has 2 aromatic rings. The van der Waals surface area contributed by atoms with E-state index in [-0.39, 0.29) is 12.1 Å². The van der Waals surface area contributed by atoms with Gasteiger partial charge in [0.05, 0.1) is 10.0 Å². The van der Waals surface area contributed by atoms with Crippen molar-refractivity contribution in [3.63, 3.8) is 0 Å². The fourth-order valence-electron chi connectivity index (χ4n) is 2.20. The lowest BCUT2D eigenvalue weighted by molar-refractivity contribution is 0.449. The van der Waals surface area contributed by atoms with E-state index in [0.29, 0.717) is 15.6 Å². The van der Waals surface area contributed by atoms with Gasteiger partial charge in [-0.2, -0.15) is 0 Å². The maximum atomic E-state index is 13.8. The van der Waals surface area contributed by atoms with E-state index in [9.17, 15) is 8.78 Å². The average molecular weight is 330 g/mol. The van der Waals surface area contributed by atoms with Crippen molar-refractivity contribution in [2.45, 2.75) is 25.9 Å². The normalized spacial score (nSPS) is 14.0. The van der Waals surface area contributed by atoms with Crippen LogP contribution in [-0.2, 0) is 0 Å². The summed E-state index contributed by atoms with van der Waals surface area (Å²) in [5, 5.41) is 4.17. The quantitative estimate of drug-likeness (QED) is 0.760. The average Bonchev–Trinajstić information content (AvgIpc) is 2.44. The van der Waals surface area contributed by atoms with E-state index in [4.69, 9.17) is 23.2 Å². The first-order valence-corrected chi connectivity index (χ1v) is 7.30. The van der Waals surface area contributed by atoms with Crippen LogP contribution in [0.3, 0.4) is 0 Å². The van der Waals surface area contributed by atoms with Crippen molar-refractivity contribution < 1.29 is 8.78 Å². The molecule has 5 heteroatoms. The first kappa shape index (κ1) is 16.2. The standard InChI is InChI=1S/C16H15Cl2F2N/c1-9(11-6-7-13(17)14(18)8-11)21-10(2)12-4-3-5-15(19)16(12)20/h3-10,21H,1-2H3. The van der Waals surface area contributed by atoms with Gasteiger partial charge in [0.2, 0.25) is 0 Å². The van der Waals surface area contributed by atoms with E-state index >= 15 is 0 Å². The highest BCUT2D eigenvalue weighted by atomic mass is 35.5. The molecule has 0 saturated heterocycles. The second-order valence-corrected chi connectivity index (χ2v) is 5.74. The Morgan fingerprint density at radius 3 is 2.33 bits per heavy atom. The van der Waals surface area contributed by atoms with Gasteiger partial charge < -0.3 is 5.32 Å². The minimum atomic E-state index is -0.844. The van der Waals surface area contributed by atoms with E-state index in [2.05, 4.69) is 5.32 Å². The topological polar surface area (TPSA) is 12.0 Å². The number of hydrogen-bond donors (Lipinski definition) is 1. The maximum absolute atomic E-state index is 13.8. The summed E-state index contributed by atoms with van der Waals surface area (Å²) in [7, 11) is 0. The molecule has 21 heavy (non-hydrogen) atoms. The molecule has 0 radical (unpaired) electrons. The Labute approximate surface area is 132 Å². The molecule has 0 aliphatic carbocycles. The molecule has 0 aliphatic heterocycles. The maximum Gasteiger partial charge on any atom is 0.163 e. The van der Waals surface area contributed by atoms with Gasteiger partial charge in [0, 0.05) is 17.6 Å². The van der Waals surface area contributed by atoms with Gasteiger partial charge >= 0.3 is 0 Å². The Bertz CT molecular complexity index is 646. The molecule has 1 nitrogen and oxygen atoms in total. The van der Waals surface area contributed by atoms with Gasteiger partial charge in [-0.3, -0.25) is 0 Å². The zero-order valence-corrected chi connectivity index (χ0v) is 13.1. The van der Waals surface area contributed by atoms with Crippen molar-refractivity contribution in [1.82, 2.24) is 5.32 Å². The monoisotopic (exact) mass is 329 g/mol. The van der Waals surface area contributed by atoms with Gasteiger partial charge in [-0.15, -0.1) is 0 Å². The van der Waals surface area contributed by atoms with Gasteiger partial charge in [-0.25, -0.2) is 8.78 Å². The molecule has 0 bridgehead atoms. The number of halogens is 4. The van der Waals surface area contributed by atoms with E-state index in [0.717, 1.165) is 11.6 Å². The third-order valence-corrected chi connectivity index (χ3v) is 4.13. The first-order chi connectivity index (χ1) is 9.90.